The Bertz CT molecular complexity index is 563. The average Bonchev–Trinajstić information content (AvgIpc) is 2.59. The lowest BCUT2D eigenvalue weighted by atomic mass is 9.87. The molecule has 0 aliphatic rings. The Kier molecular flexibility index (Phi) is 9.97. The van der Waals surface area contributed by atoms with Crippen molar-refractivity contribution in [3.05, 3.63) is 34.7 Å². The Morgan fingerprint density at radius 3 is 2.64 bits per heavy atom. The largest absolute Gasteiger partial charge is 0.356 e. The Labute approximate surface area is 152 Å². The highest BCUT2D eigenvalue weighted by Gasteiger charge is 2.17. The van der Waals surface area contributed by atoms with Crippen LogP contribution in [0.5, 0.6) is 0 Å². The van der Waals surface area contributed by atoms with Crippen molar-refractivity contribution in [2.45, 2.75) is 65.8 Å². The molecule has 0 fully saturated rings. The molecule has 1 aromatic heterocycles. The molecular formula is C20H36N4O. The average molecular weight is 349 g/mol. The lowest BCUT2D eigenvalue weighted by molar-refractivity contribution is 0.318. The van der Waals surface area contributed by atoms with E-state index in [0.29, 0.717) is 0 Å². The molecule has 0 amide bonds. The van der Waals surface area contributed by atoms with Gasteiger partial charge in [-0.15, -0.1) is 0 Å². The summed E-state index contributed by atoms with van der Waals surface area (Å²) in [6, 6.07) is 5.28. The van der Waals surface area contributed by atoms with Crippen LogP contribution in [0, 0.1) is 5.41 Å². The molecule has 0 saturated heterocycles. The molecule has 142 valence electrons. The van der Waals surface area contributed by atoms with Crippen LogP contribution in [0.3, 0.4) is 0 Å². The van der Waals surface area contributed by atoms with Gasteiger partial charge in [-0.05, 0) is 30.7 Å². The molecule has 5 nitrogen and oxygen atoms in total. The zero-order valence-electron chi connectivity index (χ0n) is 16.5. The Hall–Kier alpha value is -1.78. The first-order valence-corrected chi connectivity index (χ1v) is 9.58. The molecule has 0 radical (unpaired) electrons. The van der Waals surface area contributed by atoms with Crippen molar-refractivity contribution >= 4 is 5.96 Å². The number of unbranched alkanes of at least 4 members (excludes halogenated alkanes) is 3. The minimum absolute atomic E-state index is 0.0678. The monoisotopic (exact) mass is 348 g/mol. The summed E-state index contributed by atoms with van der Waals surface area (Å²) in [6.07, 6.45) is 8.91. The van der Waals surface area contributed by atoms with Crippen molar-refractivity contribution in [3.63, 3.8) is 0 Å². The zero-order chi connectivity index (χ0) is 18.5. The van der Waals surface area contributed by atoms with E-state index < -0.39 is 0 Å². The lowest BCUT2D eigenvalue weighted by Crippen LogP contribution is -2.42. The van der Waals surface area contributed by atoms with Gasteiger partial charge in [-0.3, -0.25) is 9.79 Å². The molecular weight excluding hydrogens is 312 g/mol. The van der Waals surface area contributed by atoms with Gasteiger partial charge in [0.25, 0.3) is 0 Å². The van der Waals surface area contributed by atoms with E-state index in [1.54, 1.807) is 16.7 Å². The molecule has 1 rings (SSSR count). The number of hydrogen-bond acceptors (Lipinski definition) is 2. The van der Waals surface area contributed by atoms with Crippen LogP contribution in [-0.4, -0.2) is 30.7 Å². The SMILES string of the molecule is CCCCCC(C)(C)CNC(=NC)NCCCCn1ccccc1=O. The van der Waals surface area contributed by atoms with Gasteiger partial charge in [-0.2, -0.15) is 0 Å². The molecule has 1 aromatic rings. The van der Waals surface area contributed by atoms with E-state index in [9.17, 15) is 4.79 Å². The van der Waals surface area contributed by atoms with Crippen molar-refractivity contribution in [1.29, 1.82) is 0 Å². The van der Waals surface area contributed by atoms with Gasteiger partial charge in [-0.25, -0.2) is 0 Å². The third-order valence-electron chi connectivity index (χ3n) is 4.43. The molecule has 0 spiro atoms. The van der Waals surface area contributed by atoms with Crippen LogP contribution in [0.15, 0.2) is 34.2 Å². The highest BCUT2D eigenvalue weighted by atomic mass is 16.1. The predicted octanol–water partition coefficient (Wildman–Crippen LogP) is 3.40. The number of aliphatic imine (C=N–C) groups is 1. The Morgan fingerprint density at radius 2 is 1.96 bits per heavy atom. The highest BCUT2D eigenvalue weighted by molar-refractivity contribution is 5.79. The Morgan fingerprint density at radius 1 is 1.16 bits per heavy atom. The van der Waals surface area contributed by atoms with Crippen molar-refractivity contribution in [2.24, 2.45) is 10.4 Å². The van der Waals surface area contributed by atoms with Gasteiger partial charge in [0.2, 0.25) is 5.56 Å². The van der Waals surface area contributed by atoms with E-state index in [2.05, 4.69) is 36.4 Å². The summed E-state index contributed by atoms with van der Waals surface area (Å²) >= 11 is 0. The maximum Gasteiger partial charge on any atom is 0.250 e. The minimum atomic E-state index is 0.0678. The molecule has 0 bridgehead atoms. The number of nitrogens with zero attached hydrogens (tertiary/aromatic N) is 2. The summed E-state index contributed by atoms with van der Waals surface area (Å²) in [6.45, 7) is 9.40. The second-order valence-electron chi connectivity index (χ2n) is 7.41. The van der Waals surface area contributed by atoms with Crippen LogP contribution in [0.25, 0.3) is 0 Å². The molecule has 0 aliphatic carbocycles. The van der Waals surface area contributed by atoms with E-state index in [1.807, 2.05) is 19.3 Å². The molecule has 2 N–H and O–H groups in total. The third-order valence-corrected chi connectivity index (χ3v) is 4.43. The van der Waals surface area contributed by atoms with E-state index in [4.69, 9.17) is 0 Å². The topological polar surface area (TPSA) is 58.4 Å². The summed E-state index contributed by atoms with van der Waals surface area (Å²) in [5.74, 6) is 0.862. The number of nitrogens with one attached hydrogen (secondary N) is 2. The van der Waals surface area contributed by atoms with E-state index in [0.717, 1.165) is 38.4 Å². The van der Waals surface area contributed by atoms with Crippen LogP contribution < -0.4 is 16.2 Å². The molecule has 0 aromatic carbocycles. The van der Waals surface area contributed by atoms with Gasteiger partial charge < -0.3 is 15.2 Å². The van der Waals surface area contributed by atoms with Crippen LogP contribution >= 0.6 is 0 Å². The first kappa shape index (κ1) is 21.3. The number of rotatable bonds is 11. The fraction of sp³-hybridized carbons (Fsp3) is 0.700. The molecule has 0 saturated carbocycles. The molecule has 1 heterocycles. The standard InChI is InChI=1S/C20H36N4O/c1-5-6-8-13-20(2,3)17-23-19(21-4)22-14-9-11-16-24-15-10-7-12-18(24)25/h7,10,12,15H,5-6,8-9,11,13-14,16-17H2,1-4H3,(H2,21,22,23). The first-order chi connectivity index (χ1) is 12.0. The van der Waals surface area contributed by atoms with Crippen molar-refractivity contribution < 1.29 is 0 Å². The zero-order valence-corrected chi connectivity index (χ0v) is 16.5. The molecule has 0 atom stereocenters. The molecule has 5 heteroatoms. The summed E-state index contributed by atoms with van der Waals surface area (Å²) in [5.41, 5.74) is 0.347. The summed E-state index contributed by atoms with van der Waals surface area (Å²) < 4.78 is 1.76. The Balaban J connectivity index is 2.21. The summed E-state index contributed by atoms with van der Waals surface area (Å²) in [4.78, 5) is 15.9. The van der Waals surface area contributed by atoms with Crippen LogP contribution in [0.4, 0.5) is 0 Å². The van der Waals surface area contributed by atoms with Crippen molar-refractivity contribution in [2.75, 3.05) is 20.1 Å². The van der Waals surface area contributed by atoms with Crippen molar-refractivity contribution in [1.82, 2.24) is 15.2 Å². The van der Waals surface area contributed by atoms with E-state index >= 15 is 0 Å². The first-order valence-electron chi connectivity index (χ1n) is 9.58. The fourth-order valence-corrected chi connectivity index (χ4v) is 2.74. The van der Waals surface area contributed by atoms with Crippen LogP contribution in [0.1, 0.15) is 59.3 Å². The quantitative estimate of drug-likeness (QED) is 0.366. The number of hydrogen-bond donors (Lipinski definition) is 2. The maximum absolute atomic E-state index is 11.6. The van der Waals surface area contributed by atoms with E-state index in [1.165, 1.54) is 25.7 Å². The van der Waals surface area contributed by atoms with Gasteiger partial charge in [0.15, 0.2) is 5.96 Å². The summed E-state index contributed by atoms with van der Waals surface area (Å²) in [7, 11) is 1.81. The minimum Gasteiger partial charge on any atom is -0.356 e. The summed E-state index contributed by atoms with van der Waals surface area (Å²) in [5, 5.41) is 6.80. The predicted molar refractivity (Wildman–Crippen MR) is 107 cm³/mol. The van der Waals surface area contributed by atoms with Gasteiger partial charge in [-0.1, -0.05) is 46.1 Å². The van der Waals surface area contributed by atoms with Gasteiger partial charge >= 0.3 is 0 Å². The van der Waals surface area contributed by atoms with Crippen LogP contribution in [-0.2, 0) is 6.54 Å². The fourth-order valence-electron chi connectivity index (χ4n) is 2.74. The second kappa shape index (κ2) is 11.7. The maximum atomic E-state index is 11.6. The van der Waals surface area contributed by atoms with Gasteiger partial charge in [0.1, 0.15) is 0 Å². The highest BCUT2D eigenvalue weighted by Crippen LogP contribution is 2.22. The number of aromatic nitrogens is 1. The van der Waals surface area contributed by atoms with Crippen LogP contribution in [0.2, 0.25) is 0 Å². The number of pyridine rings is 1. The van der Waals surface area contributed by atoms with E-state index in [-0.39, 0.29) is 11.0 Å². The number of aryl methyl sites for hydroxylation is 1. The van der Waals surface area contributed by atoms with Crippen molar-refractivity contribution in [3.8, 4) is 0 Å². The number of guanidine groups is 1. The lowest BCUT2D eigenvalue weighted by Gasteiger charge is -2.26. The van der Waals surface area contributed by atoms with Gasteiger partial charge in [0.05, 0.1) is 0 Å². The normalized spacial score (nSPS) is 12.2. The third kappa shape index (κ3) is 9.32. The van der Waals surface area contributed by atoms with Gasteiger partial charge in [0, 0.05) is 38.9 Å². The smallest absolute Gasteiger partial charge is 0.250 e. The molecule has 25 heavy (non-hydrogen) atoms. The molecule has 0 unspecified atom stereocenters. The molecule has 0 aliphatic heterocycles. The second-order valence-corrected chi connectivity index (χ2v) is 7.41.